The van der Waals surface area contributed by atoms with E-state index >= 15 is 0 Å². The predicted molar refractivity (Wildman–Crippen MR) is 74.4 cm³/mol. The average Bonchev–Trinajstić information content (AvgIpc) is 2.47. The zero-order chi connectivity index (χ0) is 13.3. The summed E-state index contributed by atoms with van der Waals surface area (Å²) in [5, 5.41) is 3.53. The third-order valence-corrected chi connectivity index (χ3v) is 4.16. The van der Waals surface area contributed by atoms with Crippen molar-refractivity contribution >= 4 is 0 Å². The largest absolute Gasteiger partial charge is 0.310 e. The van der Waals surface area contributed by atoms with Gasteiger partial charge in [-0.05, 0) is 67.8 Å². The molecule has 1 aliphatic rings. The number of rotatable bonds is 2. The van der Waals surface area contributed by atoms with Crippen molar-refractivity contribution in [2.45, 2.75) is 53.0 Å². The molecule has 0 aliphatic heterocycles. The Balaban J connectivity index is 2.52. The van der Waals surface area contributed by atoms with Crippen LogP contribution in [-0.4, -0.2) is 6.54 Å². The van der Waals surface area contributed by atoms with Gasteiger partial charge in [-0.1, -0.05) is 19.9 Å². The first-order valence-corrected chi connectivity index (χ1v) is 7.06. The summed E-state index contributed by atoms with van der Waals surface area (Å²) in [5.41, 5.74) is 4.21. The molecule has 0 aromatic heterocycles. The first kappa shape index (κ1) is 13.5. The minimum atomic E-state index is -0.0220. The van der Waals surface area contributed by atoms with Crippen molar-refractivity contribution in [1.29, 1.82) is 0 Å². The summed E-state index contributed by atoms with van der Waals surface area (Å²) < 4.78 is 14.1. The van der Waals surface area contributed by atoms with Gasteiger partial charge in [0.25, 0.3) is 0 Å². The molecule has 0 amide bonds. The highest BCUT2D eigenvalue weighted by Gasteiger charge is 2.25. The lowest BCUT2D eigenvalue weighted by Gasteiger charge is -2.23. The molecule has 1 N–H and O–H groups in total. The molecule has 2 heteroatoms. The van der Waals surface area contributed by atoms with E-state index in [1.165, 1.54) is 17.5 Å². The molecule has 0 bridgehead atoms. The van der Waals surface area contributed by atoms with Crippen molar-refractivity contribution in [3.63, 3.8) is 0 Å². The lowest BCUT2D eigenvalue weighted by molar-refractivity contribution is 0.413. The molecular formula is C16H24FN. The molecule has 0 heterocycles. The van der Waals surface area contributed by atoms with E-state index in [2.05, 4.69) is 25.2 Å². The molecule has 1 nitrogen and oxygen atoms in total. The number of fused-ring (bicyclic) bond motifs is 1. The lowest BCUT2D eigenvalue weighted by atomic mass is 9.91. The van der Waals surface area contributed by atoms with Crippen LogP contribution in [-0.2, 0) is 6.42 Å². The fourth-order valence-corrected chi connectivity index (χ4v) is 3.22. The van der Waals surface area contributed by atoms with E-state index in [1.807, 2.05) is 13.8 Å². The maximum atomic E-state index is 14.1. The molecule has 1 aromatic rings. The van der Waals surface area contributed by atoms with Crippen LogP contribution in [0.15, 0.2) is 6.07 Å². The summed E-state index contributed by atoms with van der Waals surface area (Å²) >= 11 is 0. The third-order valence-electron chi connectivity index (χ3n) is 4.16. The summed E-state index contributed by atoms with van der Waals surface area (Å²) in [5.74, 6) is 0.676. The Bertz CT molecular complexity index is 439. The van der Waals surface area contributed by atoms with Gasteiger partial charge >= 0.3 is 0 Å². The highest BCUT2D eigenvalue weighted by molar-refractivity contribution is 5.42. The van der Waals surface area contributed by atoms with E-state index in [4.69, 9.17) is 0 Å². The van der Waals surface area contributed by atoms with Crippen LogP contribution in [0.3, 0.4) is 0 Å². The monoisotopic (exact) mass is 249 g/mol. The van der Waals surface area contributed by atoms with Crippen LogP contribution in [0.4, 0.5) is 4.39 Å². The molecule has 0 spiro atoms. The summed E-state index contributed by atoms with van der Waals surface area (Å²) in [6, 6.07) is 2.37. The second-order valence-corrected chi connectivity index (χ2v) is 5.70. The molecule has 0 saturated heterocycles. The van der Waals surface area contributed by atoms with Crippen molar-refractivity contribution in [3.8, 4) is 0 Å². The van der Waals surface area contributed by atoms with Crippen molar-refractivity contribution < 1.29 is 4.39 Å². The number of aryl methyl sites for hydroxylation is 2. The number of hydrogen-bond donors (Lipinski definition) is 1. The minimum absolute atomic E-state index is 0.0220. The molecule has 2 atom stereocenters. The number of nitrogens with one attached hydrogen (secondary N) is 1. The van der Waals surface area contributed by atoms with Crippen molar-refractivity contribution in [3.05, 3.63) is 34.1 Å². The van der Waals surface area contributed by atoms with Gasteiger partial charge in [-0.15, -0.1) is 0 Å². The van der Waals surface area contributed by atoms with Gasteiger partial charge < -0.3 is 5.32 Å². The van der Waals surface area contributed by atoms with Gasteiger partial charge in [0, 0.05) is 6.04 Å². The summed E-state index contributed by atoms with van der Waals surface area (Å²) in [6.45, 7) is 9.16. The van der Waals surface area contributed by atoms with E-state index in [9.17, 15) is 4.39 Å². The SMILES string of the molecule is CCNC1CC(C)CCc2cc(C)c(F)c(C)c21. The van der Waals surface area contributed by atoms with Gasteiger partial charge in [-0.3, -0.25) is 0 Å². The first-order valence-electron chi connectivity index (χ1n) is 7.06. The fourth-order valence-electron chi connectivity index (χ4n) is 3.22. The van der Waals surface area contributed by atoms with E-state index in [0.717, 1.165) is 30.5 Å². The molecule has 2 rings (SSSR count). The molecule has 1 aromatic carbocycles. The Morgan fingerprint density at radius 1 is 1.39 bits per heavy atom. The maximum Gasteiger partial charge on any atom is 0.129 e. The van der Waals surface area contributed by atoms with Gasteiger partial charge in [0.2, 0.25) is 0 Å². The van der Waals surface area contributed by atoms with Crippen LogP contribution >= 0.6 is 0 Å². The highest BCUT2D eigenvalue weighted by Crippen LogP contribution is 2.35. The van der Waals surface area contributed by atoms with Crippen molar-refractivity contribution in [2.24, 2.45) is 5.92 Å². The standard InChI is InChI=1S/C16H24FN/c1-5-18-14-8-10(2)6-7-13-9-11(3)16(17)12(4)15(13)14/h9-10,14,18H,5-8H2,1-4H3. The van der Waals surface area contributed by atoms with Gasteiger partial charge in [-0.25, -0.2) is 4.39 Å². The van der Waals surface area contributed by atoms with Gasteiger partial charge in [0.05, 0.1) is 0 Å². The minimum Gasteiger partial charge on any atom is -0.310 e. The van der Waals surface area contributed by atoms with Crippen LogP contribution in [0.2, 0.25) is 0 Å². The predicted octanol–water partition coefficient (Wildman–Crippen LogP) is 4.07. The van der Waals surface area contributed by atoms with Crippen LogP contribution < -0.4 is 5.32 Å². The van der Waals surface area contributed by atoms with E-state index in [-0.39, 0.29) is 5.82 Å². The normalized spacial score (nSPS) is 23.6. The Hall–Kier alpha value is -0.890. The van der Waals surface area contributed by atoms with Crippen LogP contribution in [0, 0.1) is 25.6 Å². The van der Waals surface area contributed by atoms with Crippen LogP contribution in [0.25, 0.3) is 0 Å². The smallest absolute Gasteiger partial charge is 0.129 e. The van der Waals surface area contributed by atoms with E-state index in [0.29, 0.717) is 12.0 Å². The Morgan fingerprint density at radius 3 is 2.78 bits per heavy atom. The van der Waals surface area contributed by atoms with Crippen molar-refractivity contribution in [2.75, 3.05) is 6.54 Å². The zero-order valence-electron chi connectivity index (χ0n) is 11.9. The Labute approximate surface area is 110 Å². The molecule has 1 aliphatic carbocycles. The summed E-state index contributed by atoms with van der Waals surface area (Å²) in [4.78, 5) is 0. The number of halogens is 1. The molecule has 0 fully saturated rings. The average molecular weight is 249 g/mol. The van der Waals surface area contributed by atoms with Gasteiger partial charge in [0.15, 0.2) is 0 Å². The quantitative estimate of drug-likeness (QED) is 0.779. The summed E-state index contributed by atoms with van der Waals surface area (Å²) in [6.07, 6.45) is 3.41. The molecule has 2 unspecified atom stereocenters. The molecular weight excluding hydrogens is 225 g/mol. The molecule has 0 saturated carbocycles. The summed E-state index contributed by atoms with van der Waals surface area (Å²) in [7, 11) is 0. The lowest BCUT2D eigenvalue weighted by Crippen LogP contribution is -2.23. The maximum absolute atomic E-state index is 14.1. The Morgan fingerprint density at radius 2 is 2.11 bits per heavy atom. The second-order valence-electron chi connectivity index (χ2n) is 5.70. The van der Waals surface area contributed by atoms with E-state index in [1.54, 1.807) is 0 Å². The molecule has 100 valence electrons. The van der Waals surface area contributed by atoms with Crippen molar-refractivity contribution in [1.82, 2.24) is 5.32 Å². The number of benzene rings is 1. The van der Waals surface area contributed by atoms with Crippen LogP contribution in [0.1, 0.15) is 55.0 Å². The number of hydrogen-bond acceptors (Lipinski definition) is 1. The second kappa shape index (κ2) is 5.40. The first-order chi connectivity index (χ1) is 8.54. The van der Waals surface area contributed by atoms with E-state index < -0.39 is 0 Å². The third kappa shape index (κ3) is 2.44. The molecule has 18 heavy (non-hydrogen) atoms. The highest BCUT2D eigenvalue weighted by atomic mass is 19.1. The zero-order valence-corrected chi connectivity index (χ0v) is 11.9. The van der Waals surface area contributed by atoms with Crippen LogP contribution in [0.5, 0.6) is 0 Å². The topological polar surface area (TPSA) is 12.0 Å². The van der Waals surface area contributed by atoms with Gasteiger partial charge in [0.1, 0.15) is 5.82 Å². The molecule has 0 radical (unpaired) electrons. The fraction of sp³-hybridized carbons (Fsp3) is 0.625. The Kier molecular flexibility index (Phi) is 4.06. The van der Waals surface area contributed by atoms with Gasteiger partial charge in [-0.2, -0.15) is 0 Å².